The van der Waals surface area contributed by atoms with Crippen LogP contribution in [0, 0.1) is 10.1 Å². The van der Waals surface area contributed by atoms with Gasteiger partial charge in [0, 0.05) is 24.3 Å². The number of carboxylic acid groups (broad SMARTS) is 1. The molecule has 1 rings (SSSR count). The van der Waals surface area contributed by atoms with Gasteiger partial charge in [-0.2, -0.15) is 0 Å². The Bertz CT molecular complexity index is 539. The van der Waals surface area contributed by atoms with E-state index in [1.54, 1.807) is 13.0 Å². The number of carbonyl (C=O) groups is 2. The molecule has 2 N–H and O–H groups in total. The van der Waals surface area contributed by atoms with Crippen LogP contribution < -0.4 is 5.32 Å². The number of carboxylic acids is 1. The van der Waals surface area contributed by atoms with Crippen molar-refractivity contribution >= 4 is 17.6 Å². The smallest absolute Gasteiger partial charge is 0.328 e. The molecule has 0 fully saturated rings. The fraction of sp³-hybridized carbons (Fsp3) is 0.167. The molecule has 0 radical (unpaired) electrons. The van der Waals surface area contributed by atoms with E-state index in [-0.39, 0.29) is 5.69 Å². The zero-order valence-electron chi connectivity index (χ0n) is 10.1. The van der Waals surface area contributed by atoms with E-state index >= 15 is 0 Å². The number of aliphatic carboxylic acids is 1. The Kier molecular flexibility index (Phi) is 4.76. The summed E-state index contributed by atoms with van der Waals surface area (Å²) in [4.78, 5) is 31.7. The van der Waals surface area contributed by atoms with Gasteiger partial charge in [-0.25, -0.2) is 4.79 Å². The number of hydrogen-bond donors (Lipinski definition) is 2. The summed E-state index contributed by atoms with van der Waals surface area (Å²) in [6.45, 7) is 1.64. The van der Waals surface area contributed by atoms with Crippen molar-refractivity contribution in [2.75, 3.05) is 0 Å². The lowest BCUT2D eigenvalue weighted by Crippen LogP contribution is -2.24. The van der Waals surface area contributed by atoms with Gasteiger partial charge in [0.05, 0.1) is 11.0 Å². The van der Waals surface area contributed by atoms with Gasteiger partial charge in [-0.3, -0.25) is 14.9 Å². The average Bonchev–Trinajstić information content (AvgIpc) is 2.36. The molecular weight excluding hydrogens is 252 g/mol. The molecule has 0 aromatic heterocycles. The van der Waals surface area contributed by atoms with Crippen molar-refractivity contribution in [1.29, 1.82) is 0 Å². The van der Waals surface area contributed by atoms with Crippen LogP contribution >= 0.6 is 0 Å². The topological polar surface area (TPSA) is 110 Å². The summed E-state index contributed by atoms with van der Waals surface area (Å²) in [7, 11) is 0. The van der Waals surface area contributed by atoms with Crippen molar-refractivity contribution in [2.45, 2.75) is 13.0 Å². The number of benzene rings is 1. The molecule has 0 saturated carbocycles. The number of rotatable bonds is 5. The Morgan fingerprint density at radius 1 is 1.42 bits per heavy atom. The van der Waals surface area contributed by atoms with Gasteiger partial charge >= 0.3 is 5.97 Å². The number of nitro benzene ring substituents is 1. The first-order chi connectivity index (χ1) is 8.90. The Balaban J connectivity index is 2.75. The van der Waals surface area contributed by atoms with Crippen LogP contribution in [-0.4, -0.2) is 21.9 Å². The Labute approximate surface area is 108 Å². The lowest BCUT2D eigenvalue weighted by atomic mass is 10.1. The van der Waals surface area contributed by atoms with E-state index in [1.807, 2.05) is 0 Å². The first-order valence-electron chi connectivity index (χ1n) is 5.36. The van der Waals surface area contributed by atoms with Gasteiger partial charge < -0.3 is 10.4 Å². The average molecular weight is 264 g/mol. The molecule has 0 aliphatic carbocycles. The molecule has 1 aromatic rings. The molecule has 7 heteroatoms. The molecule has 0 saturated heterocycles. The van der Waals surface area contributed by atoms with E-state index in [0.29, 0.717) is 5.56 Å². The molecule has 1 atom stereocenters. The maximum Gasteiger partial charge on any atom is 0.328 e. The first kappa shape index (κ1) is 14.4. The highest BCUT2D eigenvalue weighted by Crippen LogP contribution is 2.18. The number of nitrogens with zero attached hydrogens (tertiary/aromatic N) is 1. The number of amides is 1. The number of non-ortho nitro benzene ring substituents is 1. The van der Waals surface area contributed by atoms with Gasteiger partial charge in [-0.15, -0.1) is 0 Å². The van der Waals surface area contributed by atoms with Crippen LogP contribution in [-0.2, 0) is 9.59 Å². The molecule has 19 heavy (non-hydrogen) atoms. The van der Waals surface area contributed by atoms with Crippen LogP contribution in [0.5, 0.6) is 0 Å². The normalized spacial score (nSPS) is 12.1. The fourth-order valence-corrected chi connectivity index (χ4v) is 1.40. The molecule has 0 bridgehead atoms. The summed E-state index contributed by atoms with van der Waals surface area (Å²) < 4.78 is 0. The summed E-state index contributed by atoms with van der Waals surface area (Å²) in [6.07, 6.45) is 1.60. The van der Waals surface area contributed by atoms with Gasteiger partial charge in [0.1, 0.15) is 0 Å². The molecule has 0 aliphatic heterocycles. The minimum atomic E-state index is -1.22. The largest absolute Gasteiger partial charge is 0.478 e. The third-order valence-corrected chi connectivity index (χ3v) is 2.32. The summed E-state index contributed by atoms with van der Waals surface area (Å²) in [5.74, 6) is -1.81. The van der Waals surface area contributed by atoms with Crippen LogP contribution in [0.15, 0.2) is 36.4 Å². The maximum atomic E-state index is 11.4. The Morgan fingerprint density at radius 2 is 2.11 bits per heavy atom. The van der Waals surface area contributed by atoms with Gasteiger partial charge in [0.15, 0.2) is 0 Å². The predicted octanol–water partition coefficient (Wildman–Crippen LogP) is 1.41. The summed E-state index contributed by atoms with van der Waals surface area (Å²) >= 11 is 0. The van der Waals surface area contributed by atoms with Gasteiger partial charge in [0.2, 0.25) is 5.91 Å². The van der Waals surface area contributed by atoms with Crippen LogP contribution in [0.4, 0.5) is 5.69 Å². The third kappa shape index (κ3) is 4.58. The SMILES string of the molecule is CC(NC(=O)/C=C/C(=O)O)c1cccc([N+](=O)[O-])c1. The second-order valence-electron chi connectivity index (χ2n) is 3.75. The summed E-state index contributed by atoms with van der Waals surface area (Å²) in [6, 6.07) is 5.39. The van der Waals surface area contributed by atoms with E-state index in [9.17, 15) is 19.7 Å². The van der Waals surface area contributed by atoms with Gasteiger partial charge in [-0.1, -0.05) is 12.1 Å². The molecule has 7 nitrogen and oxygen atoms in total. The van der Waals surface area contributed by atoms with Crippen LogP contribution in [0.1, 0.15) is 18.5 Å². The van der Waals surface area contributed by atoms with E-state index in [2.05, 4.69) is 5.32 Å². The molecule has 1 aromatic carbocycles. The molecule has 0 aliphatic rings. The van der Waals surface area contributed by atoms with Crippen LogP contribution in [0.2, 0.25) is 0 Å². The molecule has 1 amide bonds. The number of hydrogen-bond acceptors (Lipinski definition) is 4. The maximum absolute atomic E-state index is 11.4. The fourth-order valence-electron chi connectivity index (χ4n) is 1.40. The highest BCUT2D eigenvalue weighted by molar-refractivity contribution is 5.94. The van der Waals surface area contributed by atoms with Gasteiger partial charge in [-0.05, 0) is 12.5 Å². The first-order valence-corrected chi connectivity index (χ1v) is 5.36. The monoisotopic (exact) mass is 264 g/mol. The van der Waals surface area contributed by atoms with E-state index in [0.717, 1.165) is 12.2 Å². The quantitative estimate of drug-likeness (QED) is 0.474. The Morgan fingerprint density at radius 3 is 2.68 bits per heavy atom. The second-order valence-corrected chi connectivity index (χ2v) is 3.75. The van der Waals surface area contributed by atoms with E-state index in [4.69, 9.17) is 5.11 Å². The van der Waals surface area contributed by atoms with Crippen molar-refractivity contribution in [3.05, 3.63) is 52.1 Å². The highest BCUT2D eigenvalue weighted by Gasteiger charge is 2.12. The minimum Gasteiger partial charge on any atom is -0.478 e. The summed E-state index contributed by atoms with van der Waals surface area (Å²) in [5, 5.41) is 21.5. The van der Waals surface area contributed by atoms with Gasteiger partial charge in [0.25, 0.3) is 5.69 Å². The Hall–Kier alpha value is -2.70. The third-order valence-electron chi connectivity index (χ3n) is 2.32. The summed E-state index contributed by atoms with van der Waals surface area (Å²) in [5.41, 5.74) is 0.492. The molecule has 0 heterocycles. The lowest BCUT2D eigenvalue weighted by Gasteiger charge is -2.12. The molecule has 0 spiro atoms. The van der Waals surface area contributed by atoms with Crippen molar-refractivity contribution < 1.29 is 19.6 Å². The highest BCUT2D eigenvalue weighted by atomic mass is 16.6. The molecule has 1 unspecified atom stereocenters. The van der Waals surface area contributed by atoms with E-state index in [1.165, 1.54) is 18.2 Å². The van der Waals surface area contributed by atoms with Crippen LogP contribution in [0.25, 0.3) is 0 Å². The zero-order chi connectivity index (χ0) is 14.4. The number of carbonyl (C=O) groups excluding carboxylic acids is 1. The molecule has 100 valence electrons. The lowest BCUT2D eigenvalue weighted by molar-refractivity contribution is -0.384. The van der Waals surface area contributed by atoms with Crippen molar-refractivity contribution in [2.24, 2.45) is 0 Å². The van der Waals surface area contributed by atoms with Crippen LogP contribution in [0.3, 0.4) is 0 Å². The van der Waals surface area contributed by atoms with Crippen molar-refractivity contribution in [3.63, 3.8) is 0 Å². The number of nitro groups is 1. The van der Waals surface area contributed by atoms with Crippen molar-refractivity contribution in [1.82, 2.24) is 5.32 Å². The standard InChI is InChI=1S/C12H12N2O5/c1-8(13-11(15)5-6-12(16)17)9-3-2-4-10(7-9)14(18)19/h2-8H,1H3,(H,13,15)(H,16,17)/b6-5+. The second kappa shape index (κ2) is 6.29. The van der Waals surface area contributed by atoms with E-state index < -0.39 is 22.8 Å². The zero-order valence-corrected chi connectivity index (χ0v) is 10.1. The molecular formula is C12H12N2O5. The number of nitrogens with one attached hydrogen (secondary N) is 1. The van der Waals surface area contributed by atoms with Crippen molar-refractivity contribution in [3.8, 4) is 0 Å². The minimum absolute atomic E-state index is 0.0697. The predicted molar refractivity (Wildman–Crippen MR) is 66.4 cm³/mol.